The lowest BCUT2D eigenvalue weighted by atomic mass is 10.3. The lowest BCUT2D eigenvalue weighted by Gasteiger charge is -2.14. The molecule has 1 heterocycles. The Kier molecular flexibility index (Phi) is 6.14. The third kappa shape index (κ3) is 4.72. The maximum absolute atomic E-state index is 12.9. The Balaban J connectivity index is 1.85. The van der Waals surface area contributed by atoms with Crippen LogP contribution in [-0.4, -0.2) is 28.5 Å². The van der Waals surface area contributed by atoms with Crippen LogP contribution < -0.4 is 19.5 Å². The van der Waals surface area contributed by atoms with Crippen LogP contribution >= 0.6 is 15.9 Å². The van der Waals surface area contributed by atoms with E-state index in [2.05, 4.69) is 26.0 Å². The number of anilines is 2. The van der Waals surface area contributed by atoms with Gasteiger partial charge in [0.25, 0.3) is 15.9 Å². The maximum Gasteiger partial charge on any atom is 0.291 e. The second-order valence-corrected chi connectivity index (χ2v) is 8.26. The Hall–Kier alpha value is -2.98. The van der Waals surface area contributed by atoms with Crippen LogP contribution in [0.2, 0.25) is 0 Å². The van der Waals surface area contributed by atoms with Gasteiger partial charge in [-0.05, 0) is 52.3 Å². The predicted molar refractivity (Wildman–Crippen MR) is 111 cm³/mol. The second kappa shape index (κ2) is 8.58. The number of sulfonamides is 1. The Bertz CT molecular complexity index is 1130. The molecule has 2 N–H and O–H groups in total. The number of hydrogen-bond acceptors (Lipinski definition) is 6. The highest BCUT2D eigenvalue weighted by Crippen LogP contribution is 2.36. The van der Waals surface area contributed by atoms with Crippen LogP contribution in [0.5, 0.6) is 11.5 Å². The summed E-state index contributed by atoms with van der Waals surface area (Å²) < 4.78 is 43.9. The average molecular weight is 481 g/mol. The van der Waals surface area contributed by atoms with E-state index in [1.807, 2.05) is 0 Å². The van der Waals surface area contributed by atoms with Gasteiger partial charge in [-0.25, -0.2) is 8.42 Å². The van der Waals surface area contributed by atoms with Crippen LogP contribution in [0.15, 0.2) is 68.6 Å². The number of amides is 1. The SMILES string of the molecule is COc1cc(Br)c(S(=O)(=O)Nc2cccc(NC(=O)c3ccco3)c2)cc1OC. The van der Waals surface area contributed by atoms with Crippen molar-refractivity contribution < 1.29 is 27.1 Å². The number of halogens is 1. The maximum atomic E-state index is 12.9. The number of carbonyl (C=O) groups is 1. The molecule has 0 saturated heterocycles. The first-order valence-corrected chi connectivity index (χ1v) is 10.5. The molecule has 3 rings (SSSR count). The number of nitrogens with one attached hydrogen (secondary N) is 2. The van der Waals surface area contributed by atoms with E-state index in [0.29, 0.717) is 15.9 Å². The minimum Gasteiger partial charge on any atom is -0.493 e. The van der Waals surface area contributed by atoms with Gasteiger partial charge < -0.3 is 19.2 Å². The molecule has 0 aliphatic rings. The molecule has 152 valence electrons. The lowest BCUT2D eigenvalue weighted by Crippen LogP contribution is -2.15. The fraction of sp³-hybridized carbons (Fsp3) is 0.105. The second-order valence-electron chi connectivity index (χ2n) is 5.76. The third-order valence-corrected chi connectivity index (χ3v) is 6.18. The van der Waals surface area contributed by atoms with Gasteiger partial charge in [-0.3, -0.25) is 9.52 Å². The molecule has 0 spiro atoms. The van der Waals surface area contributed by atoms with Crippen LogP contribution in [0.3, 0.4) is 0 Å². The van der Waals surface area contributed by atoms with E-state index >= 15 is 0 Å². The van der Waals surface area contributed by atoms with E-state index in [4.69, 9.17) is 13.9 Å². The normalized spacial score (nSPS) is 11.0. The molecule has 3 aromatic rings. The number of hydrogen-bond donors (Lipinski definition) is 2. The molecule has 8 nitrogen and oxygen atoms in total. The minimum absolute atomic E-state index is 0.0276. The number of rotatable bonds is 7. The van der Waals surface area contributed by atoms with Gasteiger partial charge >= 0.3 is 0 Å². The fourth-order valence-corrected chi connectivity index (χ4v) is 4.60. The largest absolute Gasteiger partial charge is 0.493 e. The van der Waals surface area contributed by atoms with Gasteiger partial charge in [0.1, 0.15) is 4.90 Å². The number of carbonyl (C=O) groups excluding carboxylic acids is 1. The van der Waals surface area contributed by atoms with Crippen molar-refractivity contribution in [3.63, 3.8) is 0 Å². The number of ether oxygens (including phenoxy) is 2. The number of furan rings is 1. The zero-order valence-corrected chi connectivity index (χ0v) is 17.8. The minimum atomic E-state index is -3.95. The van der Waals surface area contributed by atoms with Crippen LogP contribution in [0.1, 0.15) is 10.6 Å². The molecule has 0 atom stereocenters. The van der Waals surface area contributed by atoms with E-state index in [-0.39, 0.29) is 22.1 Å². The molecule has 29 heavy (non-hydrogen) atoms. The Morgan fingerprint density at radius 2 is 1.69 bits per heavy atom. The van der Waals surface area contributed by atoms with Gasteiger partial charge in [-0.15, -0.1) is 0 Å². The Morgan fingerprint density at radius 3 is 2.34 bits per heavy atom. The Labute approximate surface area is 176 Å². The van der Waals surface area contributed by atoms with Crippen molar-refractivity contribution >= 4 is 43.2 Å². The molecule has 1 amide bonds. The van der Waals surface area contributed by atoms with Crippen LogP contribution in [0.4, 0.5) is 11.4 Å². The first-order chi connectivity index (χ1) is 13.8. The molecule has 0 fully saturated rings. The van der Waals surface area contributed by atoms with Gasteiger partial charge in [-0.2, -0.15) is 0 Å². The third-order valence-electron chi connectivity index (χ3n) is 3.85. The summed E-state index contributed by atoms with van der Waals surface area (Å²) >= 11 is 3.25. The molecule has 0 saturated carbocycles. The van der Waals surface area contributed by atoms with E-state index in [1.54, 1.807) is 24.3 Å². The van der Waals surface area contributed by atoms with Crippen molar-refractivity contribution in [2.45, 2.75) is 4.90 Å². The molecule has 0 aliphatic carbocycles. The molecular formula is C19H17BrN2O6S. The highest BCUT2D eigenvalue weighted by molar-refractivity contribution is 9.10. The van der Waals surface area contributed by atoms with Crippen molar-refractivity contribution in [2.75, 3.05) is 24.3 Å². The quantitative estimate of drug-likeness (QED) is 0.526. The first-order valence-electron chi connectivity index (χ1n) is 8.23. The molecule has 0 aliphatic heterocycles. The Morgan fingerprint density at radius 1 is 1.00 bits per heavy atom. The van der Waals surface area contributed by atoms with Crippen molar-refractivity contribution in [2.24, 2.45) is 0 Å². The number of methoxy groups -OCH3 is 2. The zero-order valence-electron chi connectivity index (χ0n) is 15.4. The van der Waals surface area contributed by atoms with E-state index in [9.17, 15) is 13.2 Å². The van der Waals surface area contributed by atoms with Crippen molar-refractivity contribution in [3.05, 3.63) is 65.0 Å². The van der Waals surface area contributed by atoms with E-state index in [1.165, 1.54) is 44.7 Å². The predicted octanol–water partition coefficient (Wildman–Crippen LogP) is 4.11. The first kappa shape index (κ1) is 20.7. The van der Waals surface area contributed by atoms with Crippen LogP contribution in [0.25, 0.3) is 0 Å². The fourth-order valence-electron chi connectivity index (χ4n) is 2.51. The summed E-state index contributed by atoms with van der Waals surface area (Å²) in [5.41, 5.74) is 0.668. The zero-order chi connectivity index (χ0) is 21.0. The summed E-state index contributed by atoms with van der Waals surface area (Å²) in [6, 6.07) is 12.3. The highest BCUT2D eigenvalue weighted by atomic mass is 79.9. The lowest BCUT2D eigenvalue weighted by molar-refractivity contribution is 0.0996. The molecule has 1 aromatic heterocycles. The monoisotopic (exact) mass is 480 g/mol. The number of benzene rings is 2. The summed E-state index contributed by atoms with van der Waals surface area (Å²) in [5, 5.41) is 2.64. The van der Waals surface area contributed by atoms with Gasteiger partial charge in [0, 0.05) is 16.2 Å². The topological polar surface area (TPSA) is 107 Å². The summed E-state index contributed by atoms with van der Waals surface area (Å²) in [6.07, 6.45) is 1.39. The molecule has 0 radical (unpaired) electrons. The highest BCUT2D eigenvalue weighted by Gasteiger charge is 2.21. The van der Waals surface area contributed by atoms with Crippen LogP contribution in [0, 0.1) is 0 Å². The molecule has 0 unspecified atom stereocenters. The van der Waals surface area contributed by atoms with Crippen LogP contribution in [-0.2, 0) is 10.0 Å². The summed E-state index contributed by atoms with van der Waals surface area (Å²) in [6.45, 7) is 0. The van der Waals surface area contributed by atoms with Gasteiger partial charge in [0.05, 0.1) is 26.2 Å². The van der Waals surface area contributed by atoms with Crippen molar-refractivity contribution in [1.29, 1.82) is 0 Å². The average Bonchev–Trinajstić information content (AvgIpc) is 3.22. The van der Waals surface area contributed by atoms with E-state index in [0.717, 1.165) is 0 Å². The molecule has 10 heteroatoms. The molecular weight excluding hydrogens is 464 g/mol. The summed E-state index contributed by atoms with van der Waals surface area (Å²) in [4.78, 5) is 12.1. The smallest absolute Gasteiger partial charge is 0.291 e. The van der Waals surface area contributed by atoms with Gasteiger partial charge in [0.2, 0.25) is 0 Å². The summed E-state index contributed by atoms with van der Waals surface area (Å²) in [7, 11) is -1.08. The van der Waals surface area contributed by atoms with E-state index < -0.39 is 15.9 Å². The standard InChI is InChI=1S/C19H17BrN2O6S/c1-26-16-10-14(20)18(11-17(16)27-2)29(24,25)22-13-6-3-5-12(9-13)21-19(23)15-7-4-8-28-15/h3-11,22H,1-2H3,(H,21,23). The van der Waals surface area contributed by atoms with Gasteiger partial charge in [-0.1, -0.05) is 6.07 Å². The summed E-state index contributed by atoms with van der Waals surface area (Å²) in [5.74, 6) is 0.361. The van der Waals surface area contributed by atoms with Crippen molar-refractivity contribution in [3.8, 4) is 11.5 Å². The van der Waals surface area contributed by atoms with Gasteiger partial charge in [0.15, 0.2) is 17.3 Å². The molecule has 0 bridgehead atoms. The van der Waals surface area contributed by atoms with Crippen molar-refractivity contribution in [1.82, 2.24) is 0 Å². The molecule has 2 aromatic carbocycles.